The van der Waals surface area contributed by atoms with Crippen molar-refractivity contribution in [2.24, 2.45) is 0 Å². The third kappa shape index (κ3) is 5.37. The molecule has 0 aromatic rings. The summed E-state index contributed by atoms with van der Waals surface area (Å²) >= 11 is 0. The second-order valence-electron chi connectivity index (χ2n) is 3.07. The Balaban J connectivity index is 4.13. The second-order valence-corrected chi connectivity index (χ2v) is 5.06. The van der Waals surface area contributed by atoms with Crippen LogP contribution in [0.5, 0.6) is 0 Å². The Kier molecular flexibility index (Phi) is 8.93. The number of hydrogen-bond acceptors (Lipinski definition) is 2. The molecular weight excluding hydrogens is 192 g/mol. The first-order valence-corrected chi connectivity index (χ1v) is 6.83. The molecule has 3 heteroatoms. The largest absolute Gasteiger partial charge is 0.393 e. The zero-order valence-corrected chi connectivity index (χ0v) is 10.7. The van der Waals surface area contributed by atoms with E-state index < -0.39 is 9.28 Å². The molecular formula is C11H22O2Si. The fraction of sp³-hybridized carbons (Fsp3) is 0.636. The molecule has 0 aliphatic heterocycles. The highest BCUT2D eigenvalue weighted by atomic mass is 28.3. The molecule has 0 aliphatic carbocycles. The predicted molar refractivity (Wildman–Crippen MR) is 63.6 cm³/mol. The lowest BCUT2D eigenvalue weighted by molar-refractivity contribution is 0.204. The standard InChI is InChI=1S/C11H22O2Si/c1-5-9-12-14(13-10-6-2)11(7-3)8-4/h7-8,14H,3,5-6,9-10H2,1-2,4H3. The Morgan fingerprint density at radius 1 is 1.21 bits per heavy atom. The molecule has 14 heavy (non-hydrogen) atoms. The molecule has 0 spiro atoms. The van der Waals surface area contributed by atoms with E-state index in [0.717, 1.165) is 31.3 Å². The summed E-state index contributed by atoms with van der Waals surface area (Å²) in [4.78, 5) is 0. The molecule has 0 atom stereocenters. The normalized spacial score (nSPS) is 12.1. The van der Waals surface area contributed by atoms with E-state index in [1.165, 1.54) is 0 Å². The topological polar surface area (TPSA) is 18.5 Å². The van der Waals surface area contributed by atoms with Gasteiger partial charge in [0.1, 0.15) is 0 Å². The maximum absolute atomic E-state index is 5.71. The van der Waals surface area contributed by atoms with Crippen LogP contribution in [0, 0.1) is 0 Å². The predicted octanol–water partition coefficient (Wildman–Crippen LogP) is 2.73. The van der Waals surface area contributed by atoms with Crippen molar-refractivity contribution in [1.29, 1.82) is 0 Å². The van der Waals surface area contributed by atoms with Crippen molar-refractivity contribution in [3.8, 4) is 0 Å². The highest BCUT2D eigenvalue weighted by molar-refractivity contribution is 6.54. The van der Waals surface area contributed by atoms with Crippen molar-refractivity contribution in [2.75, 3.05) is 13.2 Å². The molecule has 0 aliphatic rings. The number of allylic oxidation sites excluding steroid dienone is 3. The van der Waals surface area contributed by atoms with Crippen molar-refractivity contribution in [1.82, 2.24) is 0 Å². The Morgan fingerprint density at radius 3 is 2.00 bits per heavy atom. The molecule has 2 nitrogen and oxygen atoms in total. The van der Waals surface area contributed by atoms with Gasteiger partial charge in [0.2, 0.25) is 0 Å². The van der Waals surface area contributed by atoms with Crippen molar-refractivity contribution in [2.45, 2.75) is 33.6 Å². The lowest BCUT2D eigenvalue weighted by atomic mass is 10.5. The van der Waals surface area contributed by atoms with Crippen LogP contribution in [0.1, 0.15) is 33.6 Å². The van der Waals surface area contributed by atoms with Gasteiger partial charge >= 0.3 is 9.28 Å². The van der Waals surface area contributed by atoms with E-state index in [1.807, 2.05) is 19.1 Å². The van der Waals surface area contributed by atoms with Gasteiger partial charge in [-0.15, -0.1) is 0 Å². The minimum absolute atomic E-state index is 0.784. The molecule has 0 aromatic heterocycles. The van der Waals surface area contributed by atoms with Crippen molar-refractivity contribution in [3.05, 3.63) is 23.9 Å². The monoisotopic (exact) mass is 214 g/mol. The molecule has 0 radical (unpaired) electrons. The first-order chi connectivity index (χ1) is 6.79. The van der Waals surface area contributed by atoms with Gasteiger partial charge in [0.05, 0.1) is 0 Å². The third-order valence-corrected chi connectivity index (χ3v) is 3.98. The molecule has 0 amide bonds. The average Bonchev–Trinajstić information content (AvgIpc) is 2.22. The van der Waals surface area contributed by atoms with Gasteiger partial charge in [0.15, 0.2) is 0 Å². The summed E-state index contributed by atoms with van der Waals surface area (Å²) in [7, 11) is -1.64. The van der Waals surface area contributed by atoms with Gasteiger partial charge in [0.25, 0.3) is 0 Å². The quantitative estimate of drug-likeness (QED) is 0.457. The van der Waals surface area contributed by atoms with Crippen molar-refractivity contribution >= 4 is 9.28 Å². The average molecular weight is 214 g/mol. The zero-order chi connectivity index (χ0) is 10.8. The van der Waals surface area contributed by atoms with Gasteiger partial charge in [0, 0.05) is 13.2 Å². The maximum atomic E-state index is 5.71. The summed E-state index contributed by atoms with van der Waals surface area (Å²) in [5.41, 5.74) is 0. The summed E-state index contributed by atoms with van der Waals surface area (Å²) in [5.74, 6) is 0. The number of hydrogen-bond donors (Lipinski definition) is 0. The summed E-state index contributed by atoms with van der Waals surface area (Å²) < 4.78 is 11.4. The molecule has 0 saturated carbocycles. The van der Waals surface area contributed by atoms with E-state index in [4.69, 9.17) is 8.85 Å². The third-order valence-electron chi connectivity index (χ3n) is 1.79. The van der Waals surface area contributed by atoms with Crippen LogP contribution in [-0.2, 0) is 8.85 Å². The molecule has 82 valence electrons. The fourth-order valence-electron chi connectivity index (χ4n) is 1.04. The smallest absolute Gasteiger partial charge is 0.355 e. The zero-order valence-electron chi connectivity index (χ0n) is 9.58. The molecule has 0 bridgehead atoms. The van der Waals surface area contributed by atoms with Gasteiger partial charge in [-0.2, -0.15) is 0 Å². The molecule has 0 aromatic carbocycles. The van der Waals surface area contributed by atoms with Crippen LogP contribution >= 0.6 is 0 Å². The highest BCUT2D eigenvalue weighted by Crippen LogP contribution is 2.06. The summed E-state index contributed by atoms with van der Waals surface area (Å²) in [6, 6.07) is 0. The maximum Gasteiger partial charge on any atom is 0.355 e. The minimum atomic E-state index is -1.64. The summed E-state index contributed by atoms with van der Waals surface area (Å²) in [6.45, 7) is 11.6. The Hall–Kier alpha value is -0.383. The van der Waals surface area contributed by atoms with Crippen LogP contribution in [0.4, 0.5) is 0 Å². The Morgan fingerprint density at radius 2 is 1.71 bits per heavy atom. The SMILES string of the molecule is C=CC(=CC)[SiH](OCCC)OCCC. The first-order valence-electron chi connectivity index (χ1n) is 5.31. The highest BCUT2D eigenvalue weighted by Gasteiger charge is 2.15. The van der Waals surface area contributed by atoms with Crippen LogP contribution < -0.4 is 0 Å². The van der Waals surface area contributed by atoms with Gasteiger partial charge in [-0.05, 0) is 25.0 Å². The number of rotatable bonds is 8. The van der Waals surface area contributed by atoms with Gasteiger partial charge in [-0.25, -0.2) is 0 Å². The van der Waals surface area contributed by atoms with Crippen LogP contribution in [0.15, 0.2) is 23.9 Å². The molecule has 0 rings (SSSR count). The van der Waals surface area contributed by atoms with E-state index in [0.29, 0.717) is 0 Å². The Labute approximate surface area is 89.5 Å². The van der Waals surface area contributed by atoms with E-state index in [9.17, 15) is 0 Å². The van der Waals surface area contributed by atoms with Crippen LogP contribution in [-0.4, -0.2) is 22.5 Å². The van der Waals surface area contributed by atoms with Crippen LogP contribution in [0.2, 0.25) is 0 Å². The van der Waals surface area contributed by atoms with Gasteiger partial charge in [-0.1, -0.05) is 32.6 Å². The second kappa shape index (κ2) is 9.18. The molecule has 0 fully saturated rings. The van der Waals surface area contributed by atoms with E-state index >= 15 is 0 Å². The summed E-state index contributed by atoms with van der Waals surface area (Å²) in [5, 5.41) is 1.15. The van der Waals surface area contributed by atoms with Crippen LogP contribution in [0.3, 0.4) is 0 Å². The van der Waals surface area contributed by atoms with Crippen molar-refractivity contribution in [3.63, 3.8) is 0 Å². The lowest BCUT2D eigenvalue weighted by Gasteiger charge is -2.16. The molecule has 0 N–H and O–H groups in total. The first kappa shape index (κ1) is 13.6. The molecule has 0 heterocycles. The lowest BCUT2D eigenvalue weighted by Crippen LogP contribution is -2.26. The van der Waals surface area contributed by atoms with Crippen molar-refractivity contribution < 1.29 is 8.85 Å². The van der Waals surface area contributed by atoms with E-state index in [1.54, 1.807) is 0 Å². The fourth-order valence-corrected chi connectivity index (χ4v) is 2.89. The van der Waals surface area contributed by atoms with E-state index in [2.05, 4.69) is 20.4 Å². The van der Waals surface area contributed by atoms with Gasteiger partial charge < -0.3 is 8.85 Å². The summed E-state index contributed by atoms with van der Waals surface area (Å²) in [6.07, 6.45) is 5.96. The van der Waals surface area contributed by atoms with E-state index in [-0.39, 0.29) is 0 Å². The molecule has 0 unspecified atom stereocenters. The van der Waals surface area contributed by atoms with Crippen LogP contribution in [0.25, 0.3) is 0 Å². The molecule has 0 saturated heterocycles. The Bertz CT molecular complexity index is 170. The minimum Gasteiger partial charge on any atom is -0.393 e. The van der Waals surface area contributed by atoms with Gasteiger partial charge in [-0.3, -0.25) is 0 Å².